The summed E-state index contributed by atoms with van der Waals surface area (Å²) >= 11 is 3.64. The molecule has 0 aromatic carbocycles. The molecule has 3 heteroatoms. The van der Waals surface area contributed by atoms with Gasteiger partial charge in [0.25, 0.3) is 0 Å². The molecule has 0 radical (unpaired) electrons. The molecule has 3 rings (SSSR count). The van der Waals surface area contributed by atoms with Gasteiger partial charge in [-0.15, -0.1) is 0 Å². The van der Waals surface area contributed by atoms with Crippen LogP contribution in [0, 0.1) is 28.6 Å². The molecule has 2 saturated carbocycles. The number of allylic oxidation sites excluding steroid dienone is 2. The standard InChI is InChI=1S/C10H12BrNO/c11-9-7-4-8(10(9)12-13)6-3-1-2-5(6)7/h1,3,5-10H,2,4H2/t5-,6-,7+,8+,9-,10+/m1/s1. The number of nitroso groups, excluding NO2 is 1. The smallest absolute Gasteiger partial charge is 0.108 e. The summed E-state index contributed by atoms with van der Waals surface area (Å²) in [6, 6.07) is 0.0361. The zero-order valence-electron chi connectivity index (χ0n) is 7.27. The fourth-order valence-corrected chi connectivity index (χ4v) is 4.71. The molecule has 0 amide bonds. The monoisotopic (exact) mass is 241 g/mol. The Kier molecular flexibility index (Phi) is 1.67. The molecule has 0 aromatic rings. The Balaban J connectivity index is 1.94. The number of halogens is 1. The quantitative estimate of drug-likeness (QED) is 0.395. The normalized spacial score (nSPS) is 57.0. The summed E-state index contributed by atoms with van der Waals surface area (Å²) < 4.78 is 0. The number of fused-ring (bicyclic) bond motifs is 5. The van der Waals surface area contributed by atoms with Crippen LogP contribution >= 0.6 is 15.9 Å². The molecule has 0 saturated heterocycles. The van der Waals surface area contributed by atoms with Crippen LogP contribution in [0.3, 0.4) is 0 Å². The first kappa shape index (κ1) is 8.16. The van der Waals surface area contributed by atoms with Crippen molar-refractivity contribution in [3.05, 3.63) is 17.1 Å². The largest absolute Gasteiger partial charge is 0.150 e. The fraction of sp³-hybridized carbons (Fsp3) is 0.800. The lowest BCUT2D eigenvalue weighted by Crippen LogP contribution is -2.35. The van der Waals surface area contributed by atoms with Gasteiger partial charge in [-0.1, -0.05) is 33.3 Å². The van der Waals surface area contributed by atoms with E-state index in [0.29, 0.717) is 22.6 Å². The van der Waals surface area contributed by atoms with Crippen LogP contribution in [-0.4, -0.2) is 10.9 Å². The number of nitrogens with zero attached hydrogens (tertiary/aromatic N) is 1. The number of hydrogen-bond donors (Lipinski definition) is 0. The molecule has 2 bridgehead atoms. The van der Waals surface area contributed by atoms with Crippen molar-refractivity contribution < 1.29 is 0 Å². The minimum Gasteiger partial charge on any atom is -0.150 e. The van der Waals surface area contributed by atoms with E-state index in [9.17, 15) is 4.91 Å². The van der Waals surface area contributed by atoms with E-state index in [1.54, 1.807) is 0 Å². The molecule has 2 nitrogen and oxygen atoms in total. The van der Waals surface area contributed by atoms with E-state index >= 15 is 0 Å². The Morgan fingerprint density at radius 1 is 1.31 bits per heavy atom. The average molecular weight is 242 g/mol. The molecule has 13 heavy (non-hydrogen) atoms. The third-order valence-corrected chi connectivity index (χ3v) is 5.37. The van der Waals surface area contributed by atoms with Crippen molar-refractivity contribution in [3.8, 4) is 0 Å². The zero-order valence-corrected chi connectivity index (χ0v) is 8.85. The molecule has 0 unspecified atom stereocenters. The first-order valence-corrected chi connectivity index (χ1v) is 5.87. The lowest BCUT2D eigenvalue weighted by Gasteiger charge is -2.31. The topological polar surface area (TPSA) is 29.4 Å². The van der Waals surface area contributed by atoms with E-state index in [1.165, 1.54) is 12.8 Å². The summed E-state index contributed by atoms with van der Waals surface area (Å²) in [5.41, 5.74) is 0. The second-order valence-corrected chi connectivity index (χ2v) is 5.57. The lowest BCUT2D eigenvalue weighted by atomic mass is 9.79. The molecule has 0 aromatic heterocycles. The first-order chi connectivity index (χ1) is 6.33. The highest BCUT2D eigenvalue weighted by atomic mass is 79.9. The minimum absolute atomic E-state index is 0.0361. The predicted molar refractivity (Wildman–Crippen MR) is 54.6 cm³/mol. The van der Waals surface area contributed by atoms with Gasteiger partial charge in [0.15, 0.2) is 0 Å². The van der Waals surface area contributed by atoms with Gasteiger partial charge in [-0.25, -0.2) is 0 Å². The minimum atomic E-state index is 0.0361. The molecule has 2 fully saturated rings. The van der Waals surface area contributed by atoms with Gasteiger partial charge in [0, 0.05) is 4.83 Å². The number of alkyl halides is 1. The van der Waals surface area contributed by atoms with Gasteiger partial charge >= 0.3 is 0 Å². The van der Waals surface area contributed by atoms with E-state index in [-0.39, 0.29) is 6.04 Å². The fourth-order valence-electron chi connectivity index (χ4n) is 3.62. The van der Waals surface area contributed by atoms with Crippen LogP contribution in [0.5, 0.6) is 0 Å². The molecule has 0 aliphatic heterocycles. The van der Waals surface area contributed by atoms with Gasteiger partial charge in [0.05, 0.1) is 0 Å². The van der Waals surface area contributed by atoms with E-state index in [0.717, 1.165) is 5.92 Å². The van der Waals surface area contributed by atoms with Gasteiger partial charge in [-0.05, 0) is 36.5 Å². The van der Waals surface area contributed by atoms with Crippen molar-refractivity contribution in [1.82, 2.24) is 0 Å². The van der Waals surface area contributed by atoms with Crippen LogP contribution in [0.1, 0.15) is 12.8 Å². The number of hydrogen-bond acceptors (Lipinski definition) is 2. The van der Waals surface area contributed by atoms with Crippen molar-refractivity contribution in [2.24, 2.45) is 28.8 Å². The average Bonchev–Trinajstić information content (AvgIpc) is 2.71. The molecular weight excluding hydrogens is 230 g/mol. The van der Waals surface area contributed by atoms with Crippen molar-refractivity contribution >= 4 is 15.9 Å². The second-order valence-electron chi connectivity index (χ2n) is 4.51. The summed E-state index contributed by atoms with van der Waals surface area (Å²) in [5, 5.41) is 3.28. The first-order valence-electron chi connectivity index (χ1n) is 4.96. The third-order valence-electron chi connectivity index (χ3n) is 4.15. The summed E-state index contributed by atoms with van der Waals surface area (Å²) in [5.74, 6) is 2.72. The van der Waals surface area contributed by atoms with Crippen molar-refractivity contribution in [2.75, 3.05) is 0 Å². The Morgan fingerprint density at radius 2 is 2.15 bits per heavy atom. The molecule has 6 atom stereocenters. The van der Waals surface area contributed by atoms with Crippen molar-refractivity contribution in [1.29, 1.82) is 0 Å². The predicted octanol–water partition coefficient (Wildman–Crippen LogP) is 2.73. The molecule has 0 spiro atoms. The van der Waals surface area contributed by atoms with Crippen LogP contribution in [0.25, 0.3) is 0 Å². The third kappa shape index (κ3) is 0.888. The van der Waals surface area contributed by atoms with E-state index in [4.69, 9.17) is 0 Å². The van der Waals surface area contributed by atoms with Crippen LogP contribution in [0.15, 0.2) is 17.3 Å². The molecule has 0 heterocycles. The Hall–Kier alpha value is -0.180. The molecule has 3 aliphatic rings. The van der Waals surface area contributed by atoms with E-state index < -0.39 is 0 Å². The highest BCUT2D eigenvalue weighted by molar-refractivity contribution is 9.09. The zero-order chi connectivity index (χ0) is 9.00. The van der Waals surface area contributed by atoms with Gasteiger partial charge in [0.2, 0.25) is 0 Å². The summed E-state index contributed by atoms with van der Waals surface area (Å²) in [4.78, 5) is 11.0. The maximum atomic E-state index is 10.7. The number of rotatable bonds is 1. The summed E-state index contributed by atoms with van der Waals surface area (Å²) in [7, 11) is 0. The maximum Gasteiger partial charge on any atom is 0.108 e. The maximum absolute atomic E-state index is 10.7. The molecular formula is C10H12BrNO. The van der Waals surface area contributed by atoms with Crippen molar-refractivity contribution in [2.45, 2.75) is 23.7 Å². The van der Waals surface area contributed by atoms with Gasteiger partial charge in [-0.2, -0.15) is 4.91 Å². The van der Waals surface area contributed by atoms with Gasteiger partial charge in [0.1, 0.15) is 6.04 Å². The second kappa shape index (κ2) is 2.66. The SMILES string of the molecule is O=N[C@@H]1[C@H](Br)[C@H]2C[C@H]1[C@@H]1C=CC[C@H]12. The Bertz CT molecular complexity index is 276. The van der Waals surface area contributed by atoms with Gasteiger partial charge in [-0.3, -0.25) is 0 Å². The lowest BCUT2D eigenvalue weighted by molar-refractivity contribution is 0.269. The van der Waals surface area contributed by atoms with Crippen LogP contribution in [-0.2, 0) is 0 Å². The van der Waals surface area contributed by atoms with Crippen LogP contribution in [0.2, 0.25) is 0 Å². The summed E-state index contributed by atoms with van der Waals surface area (Å²) in [6.45, 7) is 0. The van der Waals surface area contributed by atoms with Crippen molar-refractivity contribution in [3.63, 3.8) is 0 Å². The van der Waals surface area contributed by atoms with E-state index in [1.807, 2.05) is 0 Å². The highest BCUT2D eigenvalue weighted by Gasteiger charge is 2.57. The Labute approximate surface area is 85.9 Å². The van der Waals surface area contributed by atoms with Crippen LogP contribution in [0.4, 0.5) is 0 Å². The Morgan fingerprint density at radius 3 is 2.92 bits per heavy atom. The molecule has 70 valence electrons. The van der Waals surface area contributed by atoms with Gasteiger partial charge < -0.3 is 0 Å². The highest BCUT2D eigenvalue weighted by Crippen LogP contribution is 2.59. The molecule has 3 aliphatic carbocycles. The van der Waals surface area contributed by atoms with E-state index in [2.05, 4.69) is 33.3 Å². The van der Waals surface area contributed by atoms with Crippen LogP contribution < -0.4 is 0 Å². The molecule has 0 N–H and O–H groups in total. The summed E-state index contributed by atoms with van der Waals surface area (Å²) in [6.07, 6.45) is 7.03.